The summed E-state index contributed by atoms with van der Waals surface area (Å²) in [4.78, 5) is 11.4. The predicted octanol–water partition coefficient (Wildman–Crippen LogP) is 4.18. The van der Waals surface area contributed by atoms with Crippen LogP contribution in [-0.4, -0.2) is 21.3 Å². The second-order valence-electron chi connectivity index (χ2n) is 5.21. The number of hydrogen-bond acceptors (Lipinski definition) is 3. The zero-order valence-corrected chi connectivity index (χ0v) is 12.0. The number of halogens is 1. The zero-order valence-electron chi connectivity index (χ0n) is 12.0. The van der Waals surface area contributed by atoms with Crippen LogP contribution in [0.5, 0.6) is 5.88 Å². The molecule has 0 aliphatic carbocycles. The number of aromatic hydroxyl groups is 1. The van der Waals surface area contributed by atoms with Crippen molar-refractivity contribution in [1.82, 2.24) is 9.97 Å². The van der Waals surface area contributed by atoms with Gasteiger partial charge in [-0.1, -0.05) is 30.3 Å². The lowest BCUT2D eigenvalue weighted by Crippen LogP contribution is -1.83. The molecule has 2 N–H and O–H groups in total. The summed E-state index contributed by atoms with van der Waals surface area (Å²) in [5.41, 5.74) is 3.80. The van der Waals surface area contributed by atoms with E-state index in [1.807, 2.05) is 24.3 Å². The molecule has 0 spiro atoms. The number of aromatic amines is 1. The molecule has 0 unspecified atom stereocenters. The highest BCUT2D eigenvalue weighted by Crippen LogP contribution is 2.33. The number of H-pyrrole nitrogens is 1. The first-order chi connectivity index (χ1) is 11.2. The van der Waals surface area contributed by atoms with E-state index < -0.39 is 0 Å². The van der Waals surface area contributed by atoms with Gasteiger partial charge < -0.3 is 10.1 Å². The fourth-order valence-corrected chi connectivity index (χ4v) is 2.56. The van der Waals surface area contributed by atoms with Crippen molar-refractivity contribution in [3.05, 3.63) is 65.6 Å². The van der Waals surface area contributed by atoms with Gasteiger partial charge in [-0.3, -0.25) is 4.99 Å². The van der Waals surface area contributed by atoms with Crippen LogP contribution in [0.1, 0.15) is 11.3 Å². The third-order valence-corrected chi connectivity index (χ3v) is 3.67. The number of hydrogen-bond donors (Lipinski definition) is 2. The molecule has 23 heavy (non-hydrogen) atoms. The molecule has 1 aliphatic heterocycles. The van der Waals surface area contributed by atoms with E-state index in [4.69, 9.17) is 0 Å². The second kappa shape index (κ2) is 5.21. The van der Waals surface area contributed by atoms with Crippen LogP contribution in [0.2, 0.25) is 0 Å². The van der Waals surface area contributed by atoms with Crippen molar-refractivity contribution in [1.29, 1.82) is 0 Å². The maximum Gasteiger partial charge on any atom is 0.237 e. The molecule has 0 radical (unpaired) electrons. The summed E-state index contributed by atoms with van der Waals surface area (Å²) in [6, 6.07) is 13.8. The number of allylic oxidation sites excluding steroid dienone is 1. The van der Waals surface area contributed by atoms with Gasteiger partial charge in [0.15, 0.2) is 0 Å². The summed E-state index contributed by atoms with van der Waals surface area (Å²) in [7, 11) is 0. The van der Waals surface area contributed by atoms with Gasteiger partial charge in [0.05, 0.1) is 5.69 Å². The Hall–Kier alpha value is -3.21. The standard InChI is InChI=1S/C18H12FN3O/c19-13-5-3-4-11(8-13)17-21-16(18(23)22-17)9-12-10-20-15-7-2-1-6-14(12)15/h1-10,23H,(H,21,22)/b12-9+. The summed E-state index contributed by atoms with van der Waals surface area (Å²) < 4.78 is 13.3. The Kier molecular flexibility index (Phi) is 3.05. The number of nitrogens with zero attached hydrogens (tertiary/aromatic N) is 2. The van der Waals surface area contributed by atoms with Crippen LogP contribution >= 0.6 is 0 Å². The molecule has 0 atom stereocenters. The Morgan fingerprint density at radius 3 is 2.83 bits per heavy atom. The van der Waals surface area contributed by atoms with Gasteiger partial charge in [-0.25, -0.2) is 4.39 Å². The molecular formula is C18H12FN3O. The van der Waals surface area contributed by atoms with Crippen molar-refractivity contribution in [3.63, 3.8) is 0 Å². The quantitative estimate of drug-likeness (QED) is 0.746. The largest absolute Gasteiger partial charge is 0.492 e. The molecule has 112 valence electrons. The zero-order chi connectivity index (χ0) is 15.8. The number of benzene rings is 2. The number of aliphatic imine (C=N–C) groups is 1. The normalized spacial score (nSPS) is 14.4. The smallest absolute Gasteiger partial charge is 0.237 e. The van der Waals surface area contributed by atoms with Crippen molar-refractivity contribution in [3.8, 4) is 17.3 Å². The summed E-state index contributed by atoms with van der Waals surface area (Å²) in [6.07, 6.45) is 3.52. The maximum absolute atomic E-state index is 13.3. The summed E-state index contributed by atoms with van der Waals surface area (Å²) in [5.74, 6) is -0.0678. The monoisotopic (exact) mass is 305 g/mol. The summed E-state index contributed by atoms with van der Waals surface area (Å²) in [6.45, 7) is 0. The molecule has 1 aromatic heterocycles. The van der Waals surface area contributed by atoms with E-state index in [2.05, 4.69) is 15.0 Å². The van der Waals surface area contributed by atoms with Gasteiger partial charge in [-0.15, -0.1) is 0 Å². The van der Waals surface area contributed by atoms with Crippen LogP contribution in [0.4, 0.5) is 10.1 Å². The van der Waals surface area contributed by atoms with Crippen LogP contribution in [0.25, 0.3) is 23.0 Å². The van der Waals surface area contributed by atoms with Crippen molar-refractivity contribution < 1.29 is 9.50 Å². The molecule has 0 fully saturated rings. The van der Waals surface area contributed by atoms with Gasteiger partial charge in [0, 0.05) is 22.9 Å². The third kappa shape index (κ3) is 2.42. The fraction of sp³-hybridized carbons (Fsp3) is 0. The molecule has 2 heterocycles. The number of nitrogens with one attached hydrogen (secondary N) is 1. The van der Waals surface area contributed by atoms with Crippen molar-refractivity contribution in [2.24, 2.45) is 4.99 Å². The van der Waals surface area contributed by atoms with Crippen LogP contribution in [0.15, 0.2) is 53.5 Å². The number of imidazole rings is 1. The first kappa shape index (κ1) is 13.5. The minimum Gasteiger partial charge on any atom is -0.492 e. The third-order valence-electron chi connectivity index (χ3n) is 3.67. The van der Waals surface area contributed by atoms with Gasteiger partial charge in [0.25, 0.3) is 0 Å². The molecule has 2 aromatic carbocycles. The van der Waals surface area contributed by atoms with Crippen LogP contribution in [0.3, 0.4) is 0 Å². The summed E-state index contributed by atoms with van der Waals surface area (Å²) >= 11 is 0. The SMILES string of the molecule is Oc1nc(-c2cccc(F)c2)[nH]c1/C=C1\C=Nc2ccccc21. The van der Waals surface area contributed by atoms with Gasteiger partial charge in [-0.05, 0) is 24.3 Å². The van der Waals surface area contributed by atoms with E-state index in [0.717, 1.165) is 16.8 Å². The highest BCUT2D eigenvalue weighted by Gasteiger charge is 2.14. The van der Waals surface area contributed by atoms with Crippen molar-refractivity contribution >= 4 is 23.6 Å². The number of rotatable bonds is 2. The van der Waals surface area contributed by atoms with E-state index >= 15 is 0 Å². The maximum atomic E-state index is 13.3. The Balaban J connectivity index is 1.75. The van der Waals surface area contributed by atoms with Gasteiger partial charge in [0.2, 0.25) is 5.88 Å². The number of aromatic nitrogens is 2. The number of para-hydroxylation sites is 1. The average molecular weight is 305 g/mol. The summed E-state index contributed by atoms with van der Waals surface area (Å²) in [5, 5.41) is 10.0. The topological polar surface area (TPSA) is 61.3 Å². The van der Waals surface area contributed by atoms with Gasteiger partial charge in [0.1, 0.15) is 17.3 Å². The number of fused-ring (bicyclic) bond motifs is 1. The van der Waals surface area contributed by atoms with E-state index in [1.165, 1.54) is 12.1 Å². The molecule has 4 rings (SSSR count). The Bertz CT molecular complexity index is 956. The lowest BCUT2D eigenvalue weighted by atomic mass is 10.1. The van der Waals surface area contributed by atoms with Gasteiger partial charge in [-0.2, -0.15) is 4.98 Å². The minimum absolute atomic E-state index is 0.130. The van der Waals surface area contributed by atoms with E-state index in [9.17, 15) is 9.50 Å². The molecular weight excluding hydrogens is 293 g/mol. The first-order valence-corrected chi connectivity index (χ1v) is 7.11. The Labute approximate surface area is 131 Å². The highest BCUT2D eigenvalue weighted by atomic mass is 19.1. The van der Waals surface area contributed by atoms with Crippen molar-refractivity contribution in [2.45, 2.75) is 0 Å². The molecule has 3 aromatic rings. The van der Waals surface area contributed by atoms with Crippen LogP contribution < -0.4 is 0 Å². The van der Waals surface area contributed by atoms with E-state index in [-0.39, 0.29) is 11.7 Å². The van der Waals surface area contributed by atoms with E-state index in [1.54, 1.807) is 24.4 Å². The second-order valence-corrected chi connectivity index (χ2v) is 5.21. The fourth-order valence-electron chi connectivity index (χ4n) is 2.56. The molecule has 0 amide bonds. The molecule has 0 saturated heterocycles. The molecule has 0 saturated carbocycles. The molecule has 1 aliphatic rings. The van der Waals surface area contributed by atoms with Crippen molar-refractivity contribution in [2.75, 3.05) is 0 Å². The first-order valence-electron chi connectivity index (χ1n) is 7.11. The minimum atomic E-state index is -0.352. The Morgan fingerprint density at radius 1 is 1.09 bits per heavy atom. The molecule has 4 nitrogen and oxygen atoms in total. The molecule has 5 heteroatoms. The highest BCUT2D eigenvalue weighted by molar-refractivity contribution is 6.21. The van der Waals surface area contributed by atoms with Crippen LogP contribution in [-0.2, 0) is 0 Å². The average Bonchev–Trinajstić information content (AvgIpc) is 3.13. The Morgan fingerprint density at radius 2 is 1.96 bits per heavy atom. The van der Waals surface area contributed by atoms with Gasteiger partial charge >= 0.3 is 0 Å². The van der Waals surface area contributed by atoms with E-state index in [0.29, 0.717) is 17.1 Å². The van der Waals surface area contributed by atoms with Crippen LogP contribution in [0, 0.1) is 5.82 Å². The lowest BCUT2D eigenvalue weighted by molar-refractivity contribution is 0.455. The molecule has 0 bridgehead atoms. The predicted molar refractivity (Wildman–Crippen MR) is 88.1 cm³/mol. The lowest BCUT2D eigenvalue weighted by Gasteiger charge is -1.98.